The zero-order valence-corrected chi connectivity index (χ0v) is 8.37. The predicted molar refractivity (Wildman–Crippen MR) is 52.5 cm³/mol. The number of aliphatic hydroxyl groups excluding tert-OH is 2. The third-order valence-electron chi connectivity index (χ3n) is 2.94. The molecule has 2 unspecified atom stereocenters. The van der Waals surface area contributed by atoms with Crippen LogP contribution in [0, 0.1) is 5.92 Å². The minimum absolute atomic E-state index is 0.317. The molecule has 1 fully saturated rings. The summed E-state index contributed by atoms with van der Waals surface area (Å²) in [6, 6.07) is 0. The van der Waals surface area contributed by atoms with Gasteiger partial charge in [0.15, 0.2) is 0 Å². The standard InChI is InChI=1S/C10H21NO2/c1-11-7-9(12)10(13)8-5-3-2-4-6-8/h8-13H,2-7H2,1H3. The van der Waals surface area contributed by atoms with E-state index in [0.717, 1.165) is 12.8 Å². The van der Waals surface area contributed by atoms with Crippen LogP contribution in [-0.4, -0.2) is 36.0 Å². The van der Waals surface area contributed by atoms with E-state index < -0.39 is 12.2 Å². The molecule has 1 aliphatic carbocycles. The molecule has 1 aliphatic rings. The lowest BCUT2D eigenvalue weighted by Crippen LogP contribution is -2.40. The van der Waals surface area contributed by atoms with Crippen LogP contribution in [0.3, 0.4) is 0 Å². The topological polar surface area (TPSA) is 52.5 Å². The highest BCUT2D eigenvalue weighted by Gasteiger charge is 2.26. The van der Waals surface area contributed by atoms with Gasteiger partial charge < -0.3 is 15.5 Å². The molecular formula is C10H21NO2. The second-order valence-electron chi connectivity index (χ2n) is 4.01. The van der Waals surface area contributed by atoms with E-state index in [0.29, 0.717) is 12.5 Å². The SMILES string of the molecule is CNCC(O)C(O)C1CCCCC1. The fraction of sp³-hybridized carbons (Fsp3) is 1.00. The molecule has 3 N–H and O–H groups in total. The van der Waals surface area contributed by atoms with Crippen molar-refractivity contribution in [2.45, 2.75) is 44.3 Å². The first-order chi connectivity index (χ1) is 6.25. The lowest BCUT2D eigenvalue weighted by Gasteiger charge is -2.29. The molecule has 0 aliphatic heterocycles. The summed E-state index contributed by atoms with van der Waals surface area (Å²) in [6.45, 7) is 0.484. The number of aliphatic hydroxyl groups is 2. The molecule has 0 aromatic carbocycles. The van der Waals surface area contributed by atoms with E-state index in [1.807, 2.05) is 0 Å². The summed E-state index contributed by atoms with van der Waals surface area (Å²) < 4.78 is 0. The average molecular weight is 187 g/mol. The molecule has 3 heteroatoms. The first-order valence-corrected chi connectivity index (χ1v) is 5.26. The fourth-order valence-electron chi connectivity index (χ4n) is 2.12. The first kappa shape index (κ1) is 11.0. The van der Waals surface area contributed by atoms with E-state index in [4.69, 9.17) is 0 Å². The summed E-state index contributed by atoms with van der Waals surface area (Å²) in [6.07, 6.45) is 4.69. The second-order valence-corrected chi connectivity index (χ2v) is 4.01. The minimum atomic E-state index is -0.604. The second kappa shape index (κ2) is 5.58. The van der Waals surface area contributed by atoms with Gasteiger partial charge in [-0.15, -0.1) is 0 Å². The van der Waals surface area contributed by atoms with Crippen LogP contribution < -0.4 is 5.32 Å². The molecule has 0 saturated heterocycles. The third kappa shape index (κ3) is 3.25. The van der Waals surface area contributed by atoms with Crippen LogP contribution in [0.25, 0.3) is 0 Å². The van der Waals surface area contributed by atoms with Crippen molar-refractivity contribution < 1.29 is 10.2 Å². The maximum absolute atomic E-state index is 9.78. The molecule has 13 heavy (non-hydrogen) atoms. The normalized spacial score (nSPS) is 24.2. The van der Waals surface area contributed by atoms with Gasteiger partial charge >= 0.3 is 0 Å². The highest BCUT2D eigenvalue weighted by Crippen LogP contribution is 2.27. The molecule has 0 aromatic heterocycles. The molecule has 0 aromatic rings. The lowest BCUT2D eigenvalue weighted by atomic mass is 9.83. The van der Waals surface area contributed by atoms with Gasteiger partial charge in [0.2, 0.25) is 0 Å². The Hall–Kier alpha value is -0.120. The molecular weight excluding hydrogens is 166 g/mol. The van der Waals surface area contributed by atoms with Crippen LogP contribution in [0.4, 0.5) is 0 Å². The number of hydrogen-bond acceptors (Lipinski definition) is 3. The zero-order chi connectivity index (χ0) is 9.68. The highest BCUT2D eigenvalue weighted by atomic mass is 16.3. The van der Waals surface area contributed by atoms with Crippen molar-refractivity contribution in [2.75, 3.05) is 13.6 Å². The molecule has 1 rings (SSSR count). The van der Waals surface area contributed by atoms with Gasteiger partial charge in [0.1, 0.15) is 0 Å². The van der Waals surface area contributed by atoms with Crippen molar-refractivity contribution >= 4 is 0 Å². The number of hydrogen-bond donors (Lipinski definition) is 3. The van der Waals surface area contributed by atoms with E-state index in [9.17, 15) is 10.2 Å². The van der Waals surface area contributed by atoms with E-state index in [1.54, 1.807) is 7.05 Å². The van der Waals surface area contributed by atoms with Gasteiger partial charge in [-0.3, -0.25) is 0 Å². The Morgan fingerprint density at radius 3 is 2.38 bits per heavy atom. The van der Waals surface area contributed by atoms with Crippen molar-refractivity contribution in [1.82, 2.24) is 5.32 Å². The van der Waals surface area contributed by atoms with Gasteiger partial charge in [0.05, 0.1) is 12.2 Å². The minimum Gasteiger partial charge on any atom is -0.390 e. The maximum atomic E-state index is 9.78. The van der Waals surface area contributed by atoms with Gasteiger partial charge in [-0.2, -0.15) is 0 Å². The molecule has 2 atom stereocenters. The largest absolute Gasteiger partial charge is 0.390 e. The monoisotopic (exact) mass is 187 g/mol. The van der Waals surface area contributed by atoms with Crippen molar-refractivity contribution in [2.24, 2.45) is 5.92 Å². The summed E-state index contributed by atoms with van der Waals surface area (Å²) in [5.41, 5.74) is 0. The van der Waals surface area contributed by atoms with Crippen LogP contribution in [-0.2, 0) is 0 Å². The van der Waals surface area contributed by atoms with Gasteiger partial charge in [0, 0.05) is 6.54 Å². The maximum Gasteiger partial charge on any atom is 0.0925 e. The summed E-state index contributed by atoms with van der Waals surface area (Å²) in [7, 11) is 1.79. The Kier molecular flexibility index (Phi) is 4.70. The Bertz CT molecular complexity index is 135. The van der Waals surface area contributed by atoms with Gasteiger partial charge in [-0.05, 0) is 25.8 Å². The van der Waals surface area contributed by atoms with Gasteiger partial charge in [-0.1, -0.05) is 19.3 Å². The molecule has 0 amide bonds. The molecule has 0 heterocycles. The fourth-order valence-corrected chi connectivity index (χ4v) is 2.12. The Balaban J connectivity index is 2.31. The smallest absolute Gasteiger partial charge is 0.0925 e. The van der Waals surface area contributed by atoms with E-state index >= 15 is 0 Å². The van der Waals surface area contributed by atoms with Crippen LogP contribution in [0.5, 0.6) is 0 Å². The van der Waals surface area contributed by atoms with Gasteiger partial charge in [-0.25, -0.2) is 0 Å². The van der Waals surface area contributed by atoms with E-state index in [2.05, 4.69) is 5.32 Å². The number of likely N-dealkylation sites (N-methyl/N-ethyl adjacent to an activating group) is 1. The highest BCUT2D eigenvalue weighted by molar-refractivity contribution is 4.79. The van der Waals surface area contributed by atoms with Crippen molar-refractivity contribution in [3.63, 3.8) is 0 Å². The van der Waals surface area contributed by atoms with Crippen LogP contribution in [0.15, 0.2) is 0 Å². The molecule has 3 nitrogen and oxygen atoms in total. The Morgan fingerprint density at radius 2 is 1.85 bits per heavy atom. The van der Waals surface area contributed by atoms with Crippen LogP contribution >= 0.6 is 0 Å². The quantitative estimate of drug-likeness (QED) is 0.601. The average Bonchev–Trinajstić information content (AvgIpc) is 2.18. The zero-order valence-electron chi connectivity index (χ0n) is 8.37. The molecule has 0 bridgehead atoms. The predicted octanol–water partition coefficient (Wildman–Crippen LogP) is 0.508. The van der Waals surface area contributed by atoms with E-state index in [-0.39, 0.29) is 0 Å². The Labute approximate surface area is 80.2 Å². The molecule has 1 saturated carbocycles. The number of nitrogens with one attached hydrogen (secondary N) is 1. The van der Waals surface area contributed by atoms with Gasteiger partial charge in [0.25, 0.3) is 0 Å². The van der Waals surface area contributed by atoms with Crippen molar-refractivity contribution in [3.05, 3.63) is 0 Å². The molecule has 78 valence electrons. The summed E-state index contributed by atoms with van der Waals surface area (Å²) in [5, 5.41) is 22.2. The number of rotatable bonds is 4. The first-order valence-electron chi connectivity index (χ1n) is 5.26. The summed E-state index contributed by atoms with van der Waals surface area (Å²) in [5.74, 6) is 0.317. The van der Waals surface area contributed by atoms with Crippen LogP contribution in [0.2, 0.25) is 0 Å². The summed E-state index contributed by atoms with van der Waals surface area (Å²) >= 11 is 0. The van der Waals surface area contributed by atoms with E-state index in [1.165, 1.54) is 19.3 Å². The Morgan fingerprint density at radius 1 is 1.23 bits per heavy atom. The summed E-state index contributed by atoms with van der Waals surface area (Å²) in [4.78, 5) is 0. The molecule has 0 radical (unpaired) electrons. The van der Waals surface area contributed by atoms with Crippen molar-refractivity contribution in [1.29, 1.82) is 0 Å². The molecule has 0 spiro atoms. The third-order valence-corrected chi connectivity index (χ3v) is 2.94. The van der Waals surface area contributed by atoms with Crippen LogP contribution in [0.1, 0.15) is 32.1 Å². The van der Waals surface area contributed by atoms with Crippen molar-refractivity contribution in [3.8, 4) is 0 Å². The lowest BCUT2D eigenvalue weighted by molar-refractivity contribution is -0.0250.